The molecule has 0 bridgehead atoms. The smallest absolute Gasteiger partial charge is 0.319 e. The van der Waals surface area contributed by atoms with Crippen molar-refractivity contribution < 1.29 is 14.3 Å². The molecule has 2 aromatic carbocycles. The van der Waals surface area contributed by atoms with Crippen LogP contribution >= 0.6 is 0 Å². The van der Waals surface area contributed by atoms with Gasteiger partial charge >= 0.3 is 6.01 Å². The molecule has 0 radical (unpaired) electrons. The van der Waals surface area contributed by atoms with Crippen LogP contribution in [0.25, 0.3) is 0 Å². The van der Waals surface area contributed by atoms with Gasteiger partial charge in [-0.1, -0.05) is 60.7 Å². The summed E-state index contributed by atoms with van der Waals surface area (Å²) in [7, 11) is 1.52. The summed E-state index contributed by atoms with van der Waals surface area (Å²) in [5, 5.41) is 0. The predicted octanol–water partition coefficient (Wildman–Crippen LogP) is 3.69. The topological polar surface area (TPSA) is 64.6 Å². The van der Waals surface area contributed by atoms with E-state index in [1.54, 1.807) is 12.3 Å². The van der Waals surface area contributed by atoms with Gasteiger partial charge in [0, 0.05) is 18.8 Å². The van der Waals surface area contributed by atoms with Gasteiger partial charge < -0.3 is 14.4 Å². The molecule has 1 aliphatic heterocycles. The van der Waals surface area contributed by atoms with Gasteiger partial charge in [0.15, 0.2) is 0 Å². The summed E-state index contributed by atoms with van der Waals surface area (Å²) in [6, 6.07) is 21.9. The summed E-state index contributed by atoms with van der Waals surface area (Å²) in [5.41, 5.74) is 1.99. The normalized spacial score (nSPS) is 16.3. The van der Waals surface area contributed by atoms with Gasteiger partial charge in [-0.2, -0.15) is 4.98 Å². The van der Waals surface area contributed by atoms with E-state index in [2.05, 4.69) is 9.97 Å². The molecule has 1 aliphatic rings. The lowest BCUT2D eigenvalue weighted by molar-refractivity contribution is -0.134. The van der Waals surface area contributed by atoms with E-state index in [0.717, 1.165) is 30.5 Å². The van der Waals surface area contributed by atoms with Crippen LogP contribution < -0.4 is 9.47 Å². The van der Waals surface area contributed by atoms with Gasteiger partial charge in [0.05, 0.1) is 19.6 Å². The van der Waals surface area contributed by atoms with Crippen LogP contribution in [0.15, 0.2) is 72.9 Å². The second kappa shape index (κ2) is 9.39. The molecule has 30 heavy (non-hydrogen) atoms. The molecule has 1 unspecified atom stereocenters. The molecule has 1 fully saturated rings. The molecule has 1 amide bonds. The number of carbonyl (C=O) groups is 1. The summed E-state index contributed by atoms with van der Waals surface area (Å²) >= 11 is 0. The Morgan fingerprint density at radius 2 is 1.70 bits per heavy atom. The first-order valence-corrected chi connectivity index (χ1v) is 10.2. The van der Waals surface area contributed by atoms with Crippen molar-refractivity contribution in [2.75, 3.05) is 20.2 Å². The Hall–Kier alpha value is -3.41. The third-order valence-corrected chi connectivity index (χ3v) is 5.28. The highest BCUT2D eigenvalue weighted by molar-refractivity contribution is 5.87. The Morgan fingerprint density at radius 1 is 1.03 bits per heavy atom. The monoisotopic (exact) mass is 403 g/mol. The van der Waals surface area contributed by atoms with Crippen LogP contribution in [0.3, 0.4) is 0 Å². The van der Waals surface area contributed by atoms with Crippen LogP contribution in [0, 0.1) is 0 Å². The van der Waals surface area contributed by atoms with Gasteiger partial charge in [-0.3, -0.25) is 4.79 Å². The van der Waals surface area contributed by atoms with Crippen molar-refractivity contribution in [3.05, 3.63) is 84.1 Å². The maximum Gasteiger partial charge on any atom is 0.319 e. The van der Waals surface area contributed by atoms with Crippen LogP contribution in [0.4, 0.5) is 0 Å². The first kappa shape index (κ1) is 19.9. The highest BCUT2D eigenvalue weighted by Crippen LogP contribution is 2.28. The van der Waals surface area contributed by atoms with Crippen molar-refractivity contribution in [3.8, 4) is 11.9 Å². The summed E-state index contributed by atoms with van der Waals surface area (Å²) in [6.45, 7) is 1.25. The highest BCUT2D eigenvalue weighted by Gasteiger charge is 2.31. The number of piperidine rings is 1. The number of benzene rings is 2. The predicted molar refractivity (Wildman–Crippen MR) is 114 cm³/mol. The van der Waals surface area contributed by atoms with E-state index in [4.69, 9.17) is 9.47 Å². The van der Waals surface area contributed by atoms with Crippen molar-refractivity contribution in [2.24, 2.45) is 0 Å². The third kappa shape index (κ3) is 4.59. The Balaban J connectivity index is 1.53. The second-order valence-corrected chi connectivity index (χ2v) is 7.30. The largest absolute Gasteiger partial charge is 0.472 e. The van der Waals surface area contributed by atoms with Gasteiger partial charge in [-0.25, -0.2) is 4.98 Å². The fourth-order valence-corrected chi connectivity index (χ4v) is 3.85. The maximum absolute atomic E-state index is 13.6. The molecule has 1 saturated heterocycles. The summed E-state index contributed by atoms with van der Waals surface area (Å²) in [4.78, 5) is 23.8. The molecule has 154 valence electrons. The fraction of sp³-hybridized carbons (Fsp3) is 0.292. The van der Waals surface area contributed by atoms with E-state index >= 15 is 0 Å². The maximum atomic E-state index is 13.6. The van der Waals surface area contributed by atoms with Crippen LogP contribution in [-0.2, 0) is 4.79 Å². The van der Waals surface area contributed by atoms with E-state index in [9.17, 15) is 4.79 Å². The van der Waals surface area contributed by atoms with Crippen LogP contribution in [0.1, 0.15) is 29.9 Å². The van der Waals surface area contributed by atoms with E-state index < -0.39 is 0 Å². The molecule has 3 aromatic rings. The van der Waals surface area contributed by atoms with Crippen molar-refractivity contribution >= 4 is 5.91 Å². The Kier molecular flexibility index (Phi) is 6.23. The van der Waals surface area contributed by atoms with Gasteiger partial charge in [-0.05, 0) is 24.0 Å². The number of likely N-dealkylation sites (tertiary alicyclic amines) is 1. The molecule has 1 aromatic heterocycles. The zero-order valence-electron chi connectivity index (χ0n) is 17.0. The minimum atomic E-state index is -0.328. The molecule has 6 heteroatoms. The number of methoxy groups -OCH3 is 1. The number of amides is 1. The molecular formula is C24H25N3O3. The molecular weight excluding hydrogens is 378 g/mol. The van der Waals surface area contributed by atoms with Gasteiger partial charge in [0.1, 0.15) is 6.10 Å². The second-order valence-electron chi connectivity index (χ2n) is 7.30. The first-order chi connectivity index (χ1) is 14.7. The number of aromatic nitrogens is 2. The summed E-state index contributed by atoms with van der Waals surface area (Å²) in [5.74, 6) is 0.232. The SMILES string of the molecule is COc1nccc(OC2CCCN(C(=O)C(c3ccccc3)c3ccccc3)C2)n1. The number of ether oxygens (including phenoxy) is 2. The van der Waals surface area contributed by atoms with E-state index in [1.165, 1.54) is 7.11 Å². The van der Waals surface area contributed by atoms with Crippen molar-refractivity contribution in [2.45, 2.75) is 24.9 Å². The zero-order chi connectivity index (χ0) is 20.8. The Bertz CT molecular complexity index is 926. The summed E-state index contributed by atoms with van der Waals surface area (Å²) in [6.07, 6.45) is 3.25. The Labute approximate surface area is 176 Å². The summed E-state index contributed by atoms with van der Waals surface area (Å²) < 4.78 is 11.1. The van der Waals surface area contributed by atoms with E-state index in [1.807, 2.05) is 65.6 Å². The Morgan fingerprint density at radius 3 is 2.33 bits per heavy atom. The molecule has 0 aliphatic carbocycles. The molecule has 4 rings (SSSR count). The van der Waals surface area contributed by atoms with Crippen LogP contribution in [-0.4, -0.2) is 47.1 Å². The van der Waals surface area contributed by atoms with Gasteiger partial charge in [0.2, 0.25) is 11.8 Å². The van der Waals surface area contributed by atoms with Crippen molar-refractivity contribution in [3.63, 3.8) is 0 Å². The van der Waals surface area contributed by atoms with Crippen molar-refractivity contribution in [1.82, 2.24) is 14.9 Å². The minimum absolute atomic E-state index is 0.0981. The average Bonchev–Trinajstić information content (AvgIpc) is 2.81. The molecule has 2 heterocycles. The molecule has 6 nitrogen and oxygen atoms in total. The van der Waals surface area contributed by atoms with Crippen LogP contribution in [0.2, 0.25) is 0 Å². The average molecular weight is 403 g/mol. The number of carbonyl (C=O) groups excluding carboxylic acids is 1. The highest BCUT2D eigenvalue weighted by atomic mass is 16.5. The zero-order valence-corrected chi connectivity index (χ0v) is 17.0. The first-order valence-electron chi connectivity index (χ1n) is 10.2. The van der Waals surface area contributed by atoms with Gasteiger partial charge in [-0.15, -0.1) is 0 Å². The molecule has 0 N–H and O–H groups in total. The lowest BCUT2D eigenvalue weighted by Crippen LogP contribution is -2.46. The minimum Gasteiger partial charge on any atom is -0.472 e. The number of nitrogens with zero attached hydrogens (tertiary/aromatic N) is 3. The molecule has 0 spiro atoms. The number of rotatable bonds is 6. The molecule has 1 atom stereocenters. The number of hydrogen-bond donors (Lipinski definition) is 0. The van der Waals surface area contributed by atoms with E-state index in [0.29, 0.717) is 12.4 Å². The lowest BCUT2D eigenvalue weighted by atomic mass is 9.89. The van der Waals surface area contributed by atoms with Crippen LogP contribution in [0.5, 0.6) is 11.9 Å². The lowest BCUT2D eigenvalue weighted by Gasteiger charge is -2.35. The van der Waals surface area contributed by atoms with E-state index in [-0.39, 0.29) is 23.9 Å². The number of hydrogen-bond acceptors (Lipinski definition) is 5. The van der Waals surface area contributed by atoms with Gasteiger partial charge in [0.25, 0.3) is 0 Å². The van der Waals surface area contributed by atoms with Crippen molar-refractivity contribution in [1.29, 1.82) is 0 Å². The quantitative estimate of drug-likeness (QED) is 0.628. The molecule has 0 saturated carbocycles. The fourth-order valence-electron chi connectivity index (χ4n) is 3.85. The standard InChI is InChI=1S/C24H25N3O3/c1-29-24-25-15-14-21(26-24)30-20-13-8-16-27(17-20)23(28)22(18-9-4-2-5-10-18)19-11-6-3-7-12-19/h2-7,9-12,14-15,20,22H,8,13,16-17H2,1H3. The third-order valence-electron chi connectivity index (χ3n) is 5.28.